The molecule has 422 valence electrons. The molecule has 0 atom stereocenters. The molecule has 0 amide bonds. The van der Waals surface area contributed by atoms with E-state index in [9.17, 15) is 10.0 Å². The Morgan fingerprint density at radius 1 is 0.250 bits per heavy atom. The van der Waals surface area contributed by atoms with Gasteiger partial charge in [0.25, 0.3) is 0 Å². The van der Waals surface area contributed by atoms with Gasteiger partial charge in [0.1, 0.15) is 0 Å². The molecule has 0 radical (unpaired) electrons. The lowest BCUT2D eigenvalue weighted by Gasteiger charge is -2.11. The summed E-state index contributed by atoms with van der Waals surface area (Å²) in [5.74, 6) is 0. The van der Waals surface area contributed by atoms with Gasteiger partial charge in [-0.3, -0.25) is 0 Å². The average molecular weight is 1260 g/mol. The largest absolute Gasteiger partial charge is 0.488 e. The molecule has 0 aliphatic carbocycles. The first-order chi connectivity index (χ1) is 43.3. The quantitative estimate of drug-likeness (QED) is 0.134. The van der Waals surface area contributed by atoms with Crippen molar-refractivity contribution in [2.45, 2.75) is 12.8 Å². The summed E-state index contributed by atoms with van der Waals surface area (Å²) in [6.45, 7) is 0. The van der Waals surface area contributed by atoms with Crippen molar-refractivity contribution < 1.29 is 10.0 Å². The summed E-state index contributed by atoms with van der Waals surface area (Å²) in [5, 5.41) is 26.3. The minimum absolute atomic E-state index is 0.486. The molecular formula is C80H58BBr2N3O2. The highest BCUT2D eigenvalue weighted by Crippen LogP contribution is 2.36. The van der Waals surface area contributed by atoms with Gasteiger partial charge in [0.15, 0.2) is 0 Å². The van der Waals surface area contributed by atoms with Gasteiger partial charge in [-0.25, -0.2) is 0 Å². The van der Waals surface area contributed by atoms with Crippen LogP contribution in [0.25, 0.3) is 105 Å². The second-order valence-corrected chi connectivity index (χ2v) is 24.0. The highest BCUT2D eigenvalue weighted by atomic mass is 79.9. The van der Waals surface area contributed by atoms with E-state index in [1.165, 1.54) is 110 Å². The molecule has 88 heavy (non-hydrogen) atoms. The summed E-state index contributed by atoms with van der Waals surface area (Å²) in [6, 6.07) is 111. The van der Waals surface area contributed by atoms with Gasteiger partial charge in [-0.1, -0.05) is 250 Å². The van der Waals surface area contributed by atoms with Crippen molar-refractivity contribution in [1.82, 2.24) is 13.7 Å². The Morgan fingerprint density at radius 3 is 0.807 bits per heavy atom. The molecule has 3 aromatic heterocycles. The first-order valence-electron chi connectivity index (χ1n) is 29.6. The zero-order chi connectivity index (χ0) is 59.5. The molecular weight excluding hydrogens is 1210 g/mol. The van der Waals surface area contributed by atoms with Gasteiger partial charge in [-0.2, -0.15) is 0 Å². The smallest absolute Gasteiger partial charge is 0.423 e. The molecule has 3 heterocycles. The molecule has 16 aromatic rings. The van der Waals surface area contributed by atoms with E-state index >= 15 is 0 Å². The molecule has 0 aliphatic rings. The number of nitrogens with zero attached hydrogens (tertiary/aromatic N) is 3. The van der Waals surface area contributed by atoms with Crippen LogP contribution in [0.1, 0.15) is 22.3 Å². The van der Waals surface area contributed by atoms with Crippen molar-refractivity contribution >= 4 is 110 Å². The lowest BCUT2D eigenvalue weighted by Crippen LogP contribution is -2.29. The molecule has 0 bridgehead atoms. The van der Waals surface area contributed by atoms with Crippen LogP contribution in [0.15, 0.2) is 324 Å². The van der Waals surface area contributed by atoms with E-state index < -0.39 is 7.12 Å². The van der Waals surface area contributed by atoms with Crippen molar-refractivity contribution in [3.8, 4) is 39.3 Å². The summed E-state index contributed by atoms with van der Waals surface area (Å²) in [7, 11) is -1.46. The molecule has 0 fully saturated rings. The normalized spacial score (nSPS) is 11.3. The Bertz CT molecular complexity index is 4740. The topological polar surface area (TPSA) is 55.2 Å². The van der Waals surface area contributed by atoms with Gasteiger partial charge in [0, 0.05) is 58.3 Å². The van der Waals surface area contributed by atoms with Crippen LogP contribution in [-0.4, -0.2) is 30.9 Å². The fraction of sp³-hybridized carbons (Fsp3) is 0.0250. The van der Waals surface area contributed by atoms with Crippen LogP contribution in [0.3, 0.4) is 0 Å². The van der Waals surface area contributed by atoms with E-state index in [2.05, 4.69) is 312 Å². The maximum absolute atomic E-state index is 9.42. The van der Waals surface area contributed by atoms with Crippen LogP contribution in [0.4, 0.5) is 0 Å². The van der Waals surface area contributed by atoms with E-state index in [1.807, 2.05) is 42.5 Å². The van der Waals surface area contributed by atoms with Crippen LogP contribution in [0, 0.1) is 0 Å². The minimum atomic E-state index is -1.46. The fourth-order valence-electron chi connectivity index (χ4n) is 12.4. The van der Waals surface area contributed by atoms with E-state index in [0.717, 1.165) is 38.5 Å². The first-order valence-corrected chi connectivity index (χ1v) is 31.2. The molecule has 13 aromatic carbocycles. The van der Waals surface area contributed by atoms with Crippen LogP contribution >= 0.6 is 31.9 Å². The van der Waals surface area contributed by atoms with Crippen molar-refractivity contribution in [1.29, 1.82) is 0 Å². The predicted molar refractivity (Wildman–Crippen MR) is 377 cm³/mol. The summed E-state index contributed by atoms with van der Waals surface area (Å²) < 4.78 is 9.17. The summed E-state index contributed by atoms with van der Waals surface area (Å²) in [6.07, 6.45) is 1.88. The third-order valence-corrected chi connectivity index (χ3v) is 17.7. The Balaban J connectivity index is 0.000000149. The van der Waals surface area contributed by atoms with Crippen LogP contribution in [0.5, 0.6) is 0 Å². The zero-order valence-corrected chi connectivity index (χ0v) is 51.2. The number of hydrogen-bond donors (Lipinski definition) is 2. The van der Waals surface area contributed by atoms with E-state index in [0.29, 0.717) is 5.46 Å². The minimum Gasteiger partial charge on any atom is -0.423 e. The molecule has 16 rings (SSSR count). The number of hydrogen-bond acceptors (Lipinski definition) is 2. The van der Waals surface area contributed by atoms with Crippen LogP contribution in [0.2, 0.25) is 0 Å². The van der Waals surface area contributed by atoms with Gasteiger partial charge in [-0.15, -0.1) is 0 Å². The fourth-order valence-corrected chi connectivity index (χ4v) is 12.9. The van der Waals surface area contributed by atoms with E-state index in [4.69, 9.17) is 0 Å². The highest BCUT2D eigenvalue weighted by molar-refractivity contribution is 9.10. The standard InChI is InChI=1S/C49H34N2.C18H14BNO2.C13H10Br2/c1-5-19-46-42(15-1)43-16-2-6-20-47(43)50(46)40-13-9-11-38(32-40)36-27-23-34(24-28-36)31-35-25-29-37(30-26-35)39-12-10-14-41(33-39)51-48-21-7-3-17-44(48)45-18-4-8-22-49(45)51;21-19(22)13-6-5-7-14(12-13)20-17-10-3-1-8-15(17)16-9-2-4-11-18(16)20;14-12-5-1-10(2-6-12)9-11-3-7-13(15)8-4-11/h1-30,32-33H,31H2;1-12,21-22H;1-8H,9H2. The van der Waals surface area contributed by atoms with Crippen LogP contribution < -0.4 is 5.46 Å². The Labute approximate surface area is 528 Å². The predicted octanol–water partition coefficient (Wildman–Crippen LogP) is 20.1. The number of aromatic nitrogens is 3. The molecule has 0 unspecified atom stereocenters. The number of benzene rings is 13. The van der Waals surface area contributed by atoms with Gasteiger partial charge in [0.2, 0.25) is 0 Å². The summed E-state index contributed by atoms with van der Waals surface area (Å²) in [4.78, 5) is 0. The molecule has 0 spiro atoms. The molecule has 5 nitrogen and oxygen atoms in total. The van der Waals surface area contributed by atoms with Crippen molar-refractivity contribution in [2.75, 3.05) is 0 Å². The molecule has 0 saturated heterocycles. The van der Waals surface area contributed by atoms with E-state index in [1.54, 1.807) is 6.07 Å². The Kier molecular flexibility index (Phi) is 15.9. The van der Waals surface area contributed by atoms with Gasteiger partial charge in [-0.05, 0) is 160 Å². The Hall–Kier alpha value is -9.80. The Morgan fingerprint density at radius 2 is 0.511 bits per heavy atom. The van der Waals surface area contributed by atoms with E-state index in [-0.39, 0.29) is 0 Å². The average Bonchev–Trinajstić information content (AvgIpc) is 2.37. The number of para-hydroxylation sites is 6. The molecule has 8 heteroatoms. The lowest BCUT2D eigenvalue weighted by molar-refractivity contribution is 0.425. The number of rotatable bonds is 10. The van der Waals surface area contributed by atoms with Crippen molar-refractivity contribution in [3.63, 3.8) is 0 Å². The highest BCUT2D eigenvalue weighted by Gasteiger charge is 2.17. The SMILES string of the molecule is Brc1ccc(Cc2ccc(Br)cc2)cc1.OB(O)c1cccc(-n2c3ccccc3c3ccccc32)c1.c1cc(-c2ccc(Cc3ccc(-c4cccc(-n5c6ccccc6c6ccccc65)c4)cc3)cc2)cc(-n2c3ccccc3c3ccccc32)c1. The third-order valence-electron chi connectivity index (χ3n) is 16.6. The lowest BCUT2D eigenvalue weighted by atomic mass is 9.80. The maximum Gasteiger partial charge on any atom is 0.488 e. The first kappa shape index (κ1) is 56.0. The second-order valence-electron chi connectivity index (χ2n) is 22.2. The second kappa shape index (κ2) is 24.9. The summed E-state index contributed by atoms with van der Waals surface area (Å²) in [5.41, 5.74) is 21.0. The molecule has 0 aliphatic heterocycles. The van der Waals surface area contributed by atoms with Crippen molar-refractivity contribution in [3.05, 3.63) is 347 Å². The molecule has 0 saturated carbocycles. The zero-order valence-electron chi connectivity index (χ0n) is 48.0. The number of fused-ring (bicyclic) bond motifs is 9. The van der Waals surface area contributed by atoms with Gasteiger partial charge >= 0.3 is 7.12 Å². The summed E-state index contributed by atoms with van der Waals surface area (Å²) >= 11 is 6.87. The van der Waals surface area contributed by atoms with Crippen molar-refractivity contribution in [2.24, 2.45) is 0 Å². The van der Waals surface area contributed by atoms with Gasteiger partial charge in [0.05, 0.1) is 33.1 Å². The van der Waals surface area contributed by atoms with Crippen LogP contribution in [-0.2, 0) is 12.8 Å². The molecule has 2 N–H and O–H groups in total. The number of halogens is 2. The third kappa shape index (κ3) is 11.4. The maximum atomic E-state index is 9.42. The van der Waals surface area contributed by atoms with Gasteiger partial charge < -0.3 is 23.7 Å². The monoisotopic (exact) mass is 1260 g/mol.